The third-order valence-electron chi connectivity index (χ3n) is 17.6. The second-order valence-electron chi connectivity index (χ2n) is 22.4. The molecule has 0 radical (unpaired) electrons. The van der Waals surface area contributed by atoms with Gasteiger partial charge in [-0.3, -0.25) is 4.79 Å². The highest BCUT2D eigenvalue weighted by atomic mass is 32.1. The van der Waals surface area contributed by atoms with Gasteiger partial charge in [0.25, 0.3) is 0 Å². The number of esters is 2. The molecular formula is C62H62O25S. The molecule has 466 valence electrons. The van der Waals surface area contributed by atoms with Crippen LogP contribution in [0.3, 0.4) is 0 Å². The van der Waals surface area contributed by atoms with Gasteiger partial charge in [0.2, 0.25) is 31.4 Å². The van der Waals surface area contributed by atoms with Crippen molar-refractivity contribution in [2.75, 3.05) is 61.8 Å². The lowest BCUT2D eigenvalue weighted by molar-refractivity contribution is -0.368. The van der Waals surface area contributed by atoms with Crippen LogP contribution in [0.5, 0.6) is 63.2 Å². The van der Waals surface area contributed by atoms with Gasteiger partial charge in [0.05, 0.1) is 76.8 Å². The van der Waals surface area contributed by atoms with Crippen LogP contribution < -0.4 is 42.6 Å². The van der Waals surface area contributed by atoms with E-state index in [1.54, 1.807) is 49.4 Å². The number of cyclic esters (lactones) is 2. The zero-order chi connectivity index (χ0) is 61.0. The summed E-state index contributed by atoms with van der Waals surface area (Å²) in [5, 5.41) is 57.9. The maximum absolute atomic E-state index is 13.5. The molecule has 5 N–H and O–H groups in total. The summed E-state index contributed by atoms with van der Waals surface area (Å²) in [6.45, 7) is 3.98. The topological polar surface area (TPSA) is 301 Å². The Morgan fingerprint density at radius 1 is 0.602 bits per heavy atom. The van der Waals surface area contributed by atoms with Gasteiger partial charge in [-0.25, -0.2) is 4.79 Å². The van der Waals surface area contributed by atoms with Gasteiger partial charge in [-0.2, -0.15) is 0 Å². The fraction of sp³-hybridized carbons (Fsp3) is 0.452. The molecule has 5 aromatic carbocycles. The Kier molecular flexibility index (Phi) is 15.2. The van der Waals surface area contributed by atoms with Crippen molar-refractivity contribution in [3.8, 4) is 74.4 Å². The van der Waals surface area contributed by atoms with Gasteiger partial charge in [-0.15, -0.1) is 11.3 Å². The van der Waals surface area contributed by atoms with Crippen molar-refractivity contribution in [3.63, 3.8) is 0 Å². The average molecular weight is 1240 g/mol. The number of hydrogen-bond donors (Lipinski definition) is 5. The fourth-order valence-corrected chi connectivity index (χ4v) is 13.9. The van der Waals surface area contributed by atoms with Crippen LogP contribution in [0.2, 0.25) is 0 Å². The first-order valence-corrected chi connectivity index (χ1v) is 29.4. The molecule has 1 aliphatic carbocycles. The molecule has 26 heteroatoms. The number of aliphatic hydroxyl groups excluding tert-OH is 3. The predicted molar refractivity (Wildman–Crippen MR) is 300 cm³/mol. The summed E-state index contributed by atoms with van der Waals surface area (Å²) >= 11 is 1.46. The normalized spacial score (nSPS) is 31.2. The smallest absolute Gasteiger partial charge is 0.339 e. The number of carbonyl (C=O) groups is 2. The van der Waals surface area contributed by atoms with E-state index in [9.17, 15) is 35.1 Å². The minimum absolute atomic E-state index is 0.0242. The maximum atomic E-state index is 13.5. The van der Waals surface area contributed by atoms with Crippen LogP contribution in [0.15, 0.2) is 66.0 Å². The maximum Gasteiger partial charge on any atom is 0.339 e. The Morgan fingerprint density at radius 2 is 1.20 bits per heavy atom. The van der Waals surface area contributed by atoms with Gasteiger partial charge < -0.3 is 111 Å². The summed E-state index contributed by atoms with van der Waals surface area (Å²) in [6.07, 6.45) is -10.5. The molecule has 8 aliphatic heterocycles. The molecule has 0 bridgehead atoms. The van der Waals surface area contributed by atoms with E-state index in [2.05, 4.69) is 0 Å². The molecule has 9 aliphatic rings. The Morgan fingerprint density at radius 3 is 1.85 bits per heavy atom. The average Bonchev–Trinajstić information content (AvgIpc) is 1.38. The van der Waals surface area contributed by atoms with Crippen LogP contribution in [-0.2, 0) is 54.0 Å². The number of phenolic OH excluding ortho intramolecular Hbond substituents is 2. The second-order valence-corrected chi connectivity index (χ2v) is 23.4. The lowest BCUT2D eigenvalue weighted by atomic mass is 9.66. The number of aromatic hydroxyl groups is 2. The molecule has 1 unspecified atom stereocenters. The van der Waals surface area contributed by atoms with Crippen molar-refractivity contribution in [3.05, 3.63) is 98.7 Å². The van der Waals surface area contributed by atoms with Gasteiger partial charge >= 0.3 is 11.9 Å². The number of carbonyl (C=O) groups excluding carboxylic acids is 2. The number of thiophene rings is 1. The van der Waals surface area contributed by atoms with Crippen LogP contribution >= 0.6 is 11.3 Å². The number of ether oxygens (including phenoxy) is 18. The van der Waals surface area contributed by atoms with E-state index in [4.69, 9.17) is 85.3 Å². The minimum atomic E-state index is -1.47. The molecule has 9 heterocycles. The molecule has 1 aromatic heterocycles. The standard InChI is InChI=1S/C32H32O13S.C30H30O12/c1-37-19-6-13(7-20(38-2)25(19)33)23-14-8-17-18(42-12-41-17)9-15(14)28(16-10-39-30(36)24(16)23)44-32-27(35)26(34)29-21(43-32)11-40-31(45-29)22-4-3-5-46-22;1-12-25(31)28-22(10-36-13(2)40-28)41-30(12)42-27-16-8-19-18(38-11-39-19)7-15(16)23(24-17(27)9-37-29(24)33)14-5-20(34-3)26(32)21(6-14)35-4/h3-9,16,21,23-24,26-29,31-35H,10-12H2,1-2H3;5-8,12-13,22,25,28,30-32H,9-11H2,1-4H3/t16-,21+,23?,24-,26+,27+,28+,29+,31+,32-;12-,13-,22-,25-,28-,30+/m01/s1. The van der Waals surface area contributed by atoms with E-state index >= 15 is 0 Å². The van der Waals surface area contributed by atoms with Crippen LogP contribution in [0, 0.1) is 17.8 Å². The summed E-state index contributed by atoms with van der Waals surface area (Å²) < 4.78 is 105. The number of rotatable bonds is 11. The van der Waals surface area contributed by atoms with Gasteiger partial charge in [0.15, 0.2) is 64.9 Å². The van der Waals surface area contributed by atoms with E-state index in [1.807, 2.05) is 30.5 Å². The molecule has 5 fully saturated rings. The van der Waals surface area contributed by atoms with Crippen LogP contribution in [0.1, 0.15) is 69.6 Å². The van der Waals surface area contributed by atoms with Crippen LogP contribution in [-0.4, -0.2) is 161 Å². The monoisotopic (exact) mass is 1240 g/mol. The molecule has 0 amide bonds. The number of phenols is 2. The van der Waals surface area contributed by atoms with E-state index < -0.39 is 110 Å². The SMILES string of the molecule is COc1cc(-c2c3c(c(O[C@@H]4O[C@@H]5CO[C@@H](C)O[C@H]5[C@H](O)[C@H]4C)c4cc5c(cc24)OCO5)COC3=O)cc(OC)c1O.COc1cc(C2c3cc4c(cc3[C@@H](O[C@@H]3O[C@@H]5CO[C@@H](c6cccs6)O[C@H]5[C@H](O)[C@H]3O)[C@H]3COC(=O)[C@H]23)OCO4)cc(OC)c1O. The molecule has 6 aromatic rings. The van der Waals surface area contributed by atoms with Crippen LogP contribution in [0.4, 0.5) is 0 Å². The molecule has 25 nitrogen and oxygen atoms in total. The number of benzene rings is 5. The molecule has 0 spiro atoms. The van der Waals surface area contributed by atoms with E-state index in [0.717, 1.165) is 4.88 Å². The molecule has 88 heavy (non-hydrogen) atoms. The fourth-order valence-electron chi connectivity index (χ4n) is 13.2. The van der Waals surface area contributed by atoms with Gasteiger partial charge in [0, 0.05) is 34.3 Å². The number of fused-ring (bicyclic) bond motifs is 8. The Bertz CT molecular complexity index is 3630. The highest BCUT2D eigenvalue weighted by molar-refractivity contribution is 7.10. The molecule has 16 atom stereocenters. The van der Waals surface area contributed by atoms with Crippen molar-refractivity contribution in [2.24, 2.45) is 17.8 Å². The first-order valence-electron chi connectivity index (χ1n) is 28.5. The third kappa shape index (κ3) is 9.76. The number of methoxy groups -OCH3 is 4. The summed E-state index contributed by atoms with van der Waals surface area (Å²) in [7, 11) is 5.72. The lowest BCUT2D eigenvalue weighted by Gasteiger charge is -2.48. The van der Waals surface area contributed by atoms with Crippen LogP contribution in [0.25, 0.3) is 21.9 Å². The van der Waals surface area contributed by atoms with Crippen molar-refractivity contribution in [1.82, 2.24) is 0 Å². The number of hydrogen-bond acceptors (Lipinski definition) is 26. The minimum Gasteiger partial charge on any atom is -0.502 e. The number of aliphatic hydroxyl groups is 3. The zero-order valence-electron chi connectivity index (χ0n) is 48.1. The van der Waals surface area contributed by atoms with Gasteiger partial charge in [-0.05, 0) is 94.5 Å². The quantitative estimate of drug-likeness (QED) is 0.0896. The highest BCUT2D eigenvalue weighted by Gasteiger charge is 2.57. The summed E-state index contributed by atoms with van der Waals surface area (Å²) in [4.78, 5) is 27.7. The van der Waals surface area contributed by atoms with Crippen molar-refractivity contribution in [1.29, 1.82) is 0 Å². The van der Waals surface area contributed by atoms with Gasteiger partial charge in [0.1, 0.15) is 49.0 Å². The summed E-state index contributed by atoms with van der Waals surface area (Å²) in [6, 6.07) is 17.5. The largest absolute Gasteiger partial charge is 0.502 e. The first-order chi connectivity index (χ1) is 42.6. The highest BCUT2D eigenvalue weighted by Crippen LogP contribution is 2.58. The molecular weight excluding hydrogens is 1180 g/mol. The van der Waals surface area contributed by atoms with E-state index in [0.29, 0.717) is 72.9 Å². The van der Waals surface area contributed by atoms with Gasteiger partial charge in [-0.1, -0.05) is 13.0 Å². The van der Waals surface area contributed by atoms with Crippen molar-refractivity contribution in [2.45, 2.75) is 100 Å². The second kappa shape index (κ2) is 23.1. The van der Waals surface area contributed by atoms with E-state index in [1.165, 1.54) is 39.8 Å². The van der Waals surface area contributed by atoms with E-state index in [-0.39, 0.29) is 80.1 Å². The zero-order valence-corrected chi connectivity index (χ0v) is 49.0. The Balaban J connectivity index is 0.000000155. The molecule has 0 saturated carbocycles. The summed E-state index contributed by atoms with van der Waals surface area (Å²) in [5.74, 6) is -0.602. The van der Waals surface area contributed by atoms with Crippen molar-refractivity contribution >= 4 is 34.0 Å². The van der Waals surface area contributed by atoms with Crippen molar-refractivity contribution < 1.29 is 120 Å². The summed E-state index contributed by atoms with van der Waals surface area (Å²) in [5.41, 5.74) is 3.85. The molecule has 15 rings (SSSR count). The lowest BCUT2D eigenvalue weighted by Crippen LogP contribution is -2.62. The molecule has 5 saturated heterocycles. The first kappa shape index (κ1) is 58.1. The predicted octanol–water partition coefficient (Wildman–Crippen LogP) is 6.24. The third-order valence-corrected chi connectivity index (χ3v) is 18.5. The Hall–Kier alpha value is -7.60. The Labute approximate surface area is 505 Å².